The molecule has 1 saturated heterocycles. The van der Waals surface area contributed by atoms with Gasteiger partial charge in [-0.25, -0.2) is 9.69 Å². The van der Waals surface area contributed by atoms with Crippen molar-refractivity contribution in [2.45, 2.75) is 117 Å². The molecule has 0 bridgehead atoms. The largest absolute Gasteiger partial charge is 0.490 e. The van der Waals surface area contributed by atoms with Crippen LogP contribution in [0.1, 0.15) is 105 Å². The van der Waals surface area contributed by atoms with Crippen LogP contribution in [-0.4, -0.2) is 57.0 Å². The third kappa shape index (κ3) is 9.32. The van der Waals surface area contributed by atoms with Crippen molar-refractivity contribution in [3.63, 3.8) is 0 Å². The van der Waals surface area contributed by atoms with E-state index in [2.05, 4.69) is 64.3 Å². The second-order valence-electron chi connectivity index (χ2n) is 16.5. The van der Waals surface area contributed by atoms with Crippen LogP contribution in [0.4, 0.5) is 16.2 Å². The minimum atomic E-state index is -2.68. The molecule has 0 spiro atoms. The summed E-state index contributed by atoms with van der Waals surface area (Å²) < 4.78 is 6.39. The zero-order valence-corrected chi connectivity index (χ0v) is 34.0. The molecule has 5 amide bonds. The molecule has 290 valence electrons. The van der Waals surface area contributed by atoms with Crippen molar-refractivity contribution in [1.82, 2.24) is 9.80 Å². The van der Waals surface area contributed by atoms with Crippen LogP contribution in [0, 0.1) is 5.41 Å². The number of benzene rings is 3. The van der Waals surface area contributed by atoms with Gasteiger partial charge in [0, 0.05) is 28.9 Å². The summed E-state index contributed by atoms with van der Waals surface area (Å²) in [7, 11) is 0. The predicted octanol–water partition coefficient (Wildman–Crippen LogP) is 8.81. The number of amides is 5. The van der Waals surface area contributed by atoms with E-state index in [1.54, 1.807) is 63.2 Å². The smallest absolute Gasteiger partial charge is 0.329 e. The Bertz CT molecular complexity index is 1890. The fourth-order valence-electron chi connectivity index (χ4n) is 6.18. The molecule has 1 aliphatic rings. The minimum absolute atomic E-state index is 0.0107. The van der Waals surface area contributed by atoms with Crippen molar-refractivity contribution in [2.75, 3.05) is 17.2 Å². The molecule has 10 nitrogen and oxygen atoms in total. The van der Waals surface area contributed by atoms with E-state index in [-0.39, 0.29) is 41.9 Å². The van der Waals surface area contributed by atoms with Crippen LogP contribution in [0.25, 0.3) is 0 Å². The number of Topliss-reactive ketones (excluding diaryl/α,β-unsaturated/α-hetero) is 1. The Morgan fingerprint density at radius 1 is 0.815 bits per heavy atom. The first kappa shape index (κ1) is 42.0. The average Bonchev–Trinajstić information content (AvgIpc) is 3.39. The number of ketones is 1. The van der Waals surface area contributed by atoms with Gasteiger partial charge < -0.3 is 20.3 Å². The van der Waals surface area contributed by atoms with Crippen molar-refractivity contribution in [3.05, 3.63) is 89.5 Å². The Balaban J connectivity index is 1.50. The number of urea groups is 1. The first-order valence-electron chi connectivity index (χ1n) is 18.6. The number of carbonyl (C=O) groups excluding carboxylic acids is 5. The molecule has 0 saturated carbocycles. The number of alkyl halides is 1. The summed E-state index contributed by atoms with van der Waals surface area (Å²) in [5.41, 5.74) is 2.33. The SMILES string of the molecule is CCC(C)(C)c1ccc(OC(C)CC(=O)Nc2cccc(NC(=O)C(Cl)(C(=O)C(C)(C)C)N3C(=O)CN(Cc4ccccc4)C3=O)c2)c(C(C)(C)CC)c1. The highest BCUT2D eigenvalue weighted by Gasteiger charge is 2.60. The lowest BCUT2D eigenvalue weighted by molar-refractivity contribution is -0.145. The molecule has 2 N–H and O–H groups in total. The quantitative estimate of drug-likeness (QED) is 0.0691. The van der Waals surface area contributed by atoms with Crippen molar-refractivity contribution in [1.29, 1.82) is 0 Å². The van der Waals surface area contributed by atoms with Crippen LogP contribution < -0.4 is 15.4 Å². The number of nitrogens with zero attached hydrogens (tertiary/aromatic N) is 2. The van der Waals surface area contributed by atoms with Gasteiger partial charge in [0.05, 0.1) is 6.42 Å². The van der Waals surface area contributed by atoms with Gasteiger partial charge in [0.1, 0.15) is 18.4 Å². The van der Waals surface area contributed by atoms with Gasteiger partial charge in [-0.2, -0.15) is 0 Å². The van der Waals surface area contributed by atoms with Gasteiger partial charge in [-0.05, 0) is 66.0 Å². The number of imide groups is 1. The second kappa shape index (κ2) is 16.3. The van der Waals surface area contributed by atoms with E-state index in [1.165, 1.54) is 16.5 Å². The monoisotopic (exact) mass is 758 g/mol. The molecule has 54 heavy (non-hydrogen) atoms. The fraction of sp³-hybridized carbons (Fsp3) is 0.465. The van der Waals surface area contributed by atoms with E-state index >= 15 is 0 Å². The van der Waals surface area contributed by atoms with E-state index < -0.39 is 40.1 Å². The molecule has 3 aromatic carbocycles. The van der Waals surface area contributed by atoms with Gasteiger partial charge in [-0.1, -0.05) is 122 Å². The second-order valence-corrected chi connectivity index (χ2v) is 17.0. The van der Waals surface area contributed by atoms with Gasteiger partial charge >= 0.3 is 6.03 Å². The normalized spacial score (nSPS) is 15.5. The summed E-state index contributed by atoms with van der Waals surface area (Å²) in [6.45, 7) is 19.4. The zero-order chi connectivity index (χ0) is 40.2. The maximum Gasteiger partial charge on any atom is 0.329 e. The van der Waals surface area contributed by atoms with E-state index in [0.717, 1.165) is 29.7 Å². The van der Waals surface area contributed by atoms with Crippen molar-refractivity contribution < 1.29 is 28.7 Å². The van der Waals surface area contributed by atoms with E-state index in [9.17, 15) is 24.0 Å². The topological polar surface area (TPSA) is 125 Å². The average molecular weight is 759 g/mol. The number of halogens is 1. The number of hydrogen-bond donors (Lipinski definition) is 2. The number of hydrogen-bond acceptors (Lipinski definition) is 6. The third-order valence-corrected chi connectivity index (χ3v) is 10.8. The molecule has 0 aliphatic carbocycles. The number of rotatable bonds is 15. The van der Waals surface area contributed by atoms with Gasteiger partial charge in [0.25, 0.3) is 16.8 Å². The molecule has 3 aromatic rings. The highest BCUT2D eigenvalue weighted by atomic mass is 35.5. The van der Waals surface area contributed by atoms with E-state index in [0.29, 0.717) is 10.6 Å². The maximum atomic E-state index is 14.0. The van der Waals surface area contributed by atoms with Crippen LogP contribution >= 0.6 is 11.6 Å². The Morgan fingerprint density at radius 3 is 2.02 bits per heavy atom. The lowest BCUT2D eigenvalue weighted by Gasteiger charge is -2.36. The van der Waals surface area contributed by atoms with E-state index in [1.807, 2.05) is 19.1 Å². The van der Waals surface area contributed by atoms with Gasteiger partial charge in [-0.15, -0.1) is 0 Å². The molecule has 2 unspecified atom stereocenters. The van der Waals surface area contributed by atoms with Crippen molar-refractivity contribution in [2.24, 2.45) is 5.41 Å². The maximum absolute atomic E-state index is 14.0. The van der Waals surface area contributed by atoms with E-state index in [4.69, 9.17) is 16.3 Å². The molecule has 1 aliphatic heterocycles. The Hall–Kier alpha value is -4.70. The summed E-state index contributed by atoms with van der Waals surface area (Å²) in [4.78, 5) is 67.2. The highest BCUT2D eigenvalue weighted by Crippen LogP contribution is 2.40. The first-order valence-corrected chi connectivity index (χ1v) is 18.9. The lowest BCUT2D eigenvalue weighted by Crippen LogP contribution is -2.63. The van der Waals surface area contributed by atoms with Crippen LogP contribution in [-0.2, 0) is 36.6 Å². The third-order valence-electron chi connectivity index (χ3n) is 10.3. The summed E-state index contributed by atoms with van der Waals surface area (Å²) in [6, 6.07) is 20.8. The highest BCUT2D eigenvalue weighted by molar-refractivity contribution is 6.50. The van der Waals surface area contributed by atoms with Gasteiger partial charge in [-0.3, -0.25) is 19.2 Å². The van der Waals surface area contributed by atoms with Crippen LogP contribution in [0.5, 0.6) is 5.75 Å². The molecule has 0 radical (unpaired) electrons. The predicted molar refractivity (Wildman–Crippen MR) is 214 cm³/mol. The fourth-order valence-corrected chi connectivity index (χ4v) is 6.68. The molecule has 11 heteroatoms. The van der Waals surface area contributed by atoms with Gasteiger partial charge in [0.15, 0.2) is 5.78 Å². The summed E-state index contributed by atoms with van der Waals surface area (Å²) in [5, 5.41) is 5.47. The Morgan fingerprint density at radius 2 is 1.43 bits per heavy atom. The van der Waals surface area contributed by atoms with Crippen LogP contribution in [0.2, 0.25) is 0 Å². The lowest BCUT2D eigenvalue weighted by atomic mass is 9.76. The van der Waals surface area contributed by atoms with Crippen molar-refractivity contribution >= 4 is 52.5 Å². The molecular formula is C43H55ClN4O6. The van der Waals surface area contributed by atoms with Gasteiger partial charge in [0.2, 0.25) is 5.91 Å². The molecule has 1 fully saturated rings. The molecule has 2 atom stereocenters. The summed E-state index contributed by atoms with van der Waals surface area (Å²) in [6.07, 6.45) is 1.50. The van der Waals surface area contributed by atoms with Crippen LogP contribution in [0.3, 0.4) is 0 Å². The first-order chi connectivity index (χ1) is 25.1. The number of carbonyl (C=O) groups is 5. The summed E-state index contributed by atoms with van der Waals surface area (Å²) in [5.74, 6) is -2.24. The Labute approximate surface area is 325 Å². The standard InChI is InChI=1S/C43H55ClN4O6/c1-11-41(7,8)30-21-22-34(33(24-30)42(9,10)12-2)54-28(3)23-35(49)45-31-19-16-20-32(25-31)46-38(52)43(44,37(51)40(4,5)6)48-36(50)27-47(39(48)53)26-29-17-14-13-15-18-29/h13-22,24-25,28H,11-12,23,26-27H2,1-10H3,(H,45,49)(H,46,52). The molecule has 0 aromatic heterocycles. The summed E-state index contributed by atoms with van der Waals surface area (Å²) >= 11 is 6.89. The minimum Gasteiger partial charge on any atom is -0.490 e. The zero-order valence-electron chi connectivity index (χ0n) is 33.3. The molecular weight excluding hydrogens is 704 g/mol. The molecule has 1 heterocycles. The Kier molecular flexibility index (Phi) is 12.7. The number of nitrogens with one attached hydrogen (secondary N) is 2. The number of ether oxygens (including phenoxy) is 1. The molecule has 4 rings (SSSR count). The van der Waals surface area contributed by atoms with Crippen molar-refractivity contribution in [3.8, 4) is 5.75 Å². The van der Waals surface area contributed by atoms with Crippen LogP contribution in [0.15, 0.2) is 72.8 Å². The number of anilines is 2.